The Bertz CT molecular complexity index is 403. The molecule has 0 spiro atoms. The summed E-state index contributed by atoms with van der Waals surface area (Å²) in [6, 6.07) is 4.03. The van der Waals surface area contributed by atoms with Gasteiger partial charge in [0.2, 0.25) is 0 Å². The average molecular weight is 232 g/mol. The van der Waals surface area contributed by atoms with Gasteiger partial charge in [0.15, 0.2) is 5.78 Å². The predicted octanol–water partition coefficient (Wildman–Crippen LogP) is 2.34. The normalized spacial score (nSPS) is 23.9. The molecule has 0 bridgehead atoms. The van der Waals surface area contributed by atoms with E-state index >= 15 is 0 Å². The maximum Gasteiger partial charge on any atom is 0.161 e. The summed E-state index contributed by atoms with van der Waals surface area (Å²) in [5, 5.41) is 0. The van der Waals surface area contributed by atoms with Crippen molar-refractivity contribution in [3.8, 4) is 0 Å². The first-order valence-electron chi connectivity index (χ1n) is 6.39. The Kier molecular flexibility index (Phi) is 3.89. The van der Waals surface area contributed by atoms with Crippen molar-refractivity contribution in [1.82, 2.24) is 4.98 Å². The Hall–Kier alpha value is -1.22. The molecule has 1 saturated carbocycles. The second kappa shape index (κ2) is 5.41. The third-order valence-corrected chi connectivity index (χ3v) is 3.74. The van der Waals surface area contributed by atoms with E-state index < -0.39 is 0 Å². The molecule has 1 aromatic heterocycles. The average Bonchev–Trinajstić information content (AvgIpc) is 2.72. The Labute approximate surface area is 102 Å². The van der Waals surface area contributed by atoms with Crippen LogP contribution < -0.4 is 5.73 Å². The van der Waals surface area contributed by atoms with Crippen molar-refractivity contribution in [1.29, 1.82) is 0 Å². The number of aryl methyl sites for hydroxylation is 1. The van der Waals surface area contributed by atoms with E-state index in [1.807, 2.05) is 12.1 Å². The molecule has 1 fully saturated rings. The lowest BCUT2D eigenvalue weighted by Gasteiger charge is -2.15. The lowest BCUT2D eigenvalue weighted by atomic mass is 9.95. The van der Waals surface area contributed by atoms with E-state index in [9.17, 15) is 4.79 Å². The van der Waals surface area contributed by atoms with E-state index in [4.69, 9.17) is 5.73 Å². The van der Waals surface area contributed by atoms with Crippen LogP contribution >= 0.6 is 0 Å². The highest BCUT2D eigenvalue weighted by atomic mass is 16.1. The number of hydrogen-bond donors (Lipinski definition) is 1. The van der Waals surface area contributed by atoms with E-state index in [1.54, 1.807) is 13.1 Å². The smallest absolute Gasteiger partial charge is 0.161 e. The summed E-state index contributed by atoms with van der Waals surface area (Å²) >= 11 is 0. The van der Waals surface area contributed by atoms with Gasteiger partial charge in [-0.1, -0.05) is 6.42 Å². The van der Waals surface area contributed by atoms with Crippen LogP contribution in [0.3, 0.4) is 0 Å². The summed E-state index contributed by atoms with van der Waals surface area (Å²) in [5.41, 5.74) is 7.75. The van der Waals surface area contributed by atoms with Gasteiger partial charge in [0.05, 0.1) is 5.69 Å². The topological polar surface area (TPSA) is 56.0 Å². The van der Waals surface area contributed by atoms with Gasteiger partial charge in [0, 0.05) is 17.8 Å². The monoisotopic (exact) mass is 232 g/mol. The van der Waals surface area contributed by atoms with Crippen molar-refractivity contribution in [2.45, 2.75) is 45.1 Å². The molecular weight excluding hydrogens is 212 g/mol. The third-order valence-electron chi connectivity index (χ3n) is 3.74. The highest BCUT2D eigenvalue weighted by Crippen LogP contribution is 2.28. The van der Waals surface area contributed by atoms with Gasteiger partial charge in [0.25, 0.3) is 0 Å². The molecule has 3 heteroatoms. The van der Waals surface area contributed by atoms with Crippen molar-refractivity contribution in [2.75, 3.05) is 0 Å². The van der Waals surface area contributed by atoms with Crippen molar-refractivity contribution >= 4 is 5.78 Å². The quantitative estimate of drug-likeness (QED) is 0.811. The molecule has 3 nitrogen and oxygen atoms in total. The van der Waals surface area contributed by atoms with Crippen LogP contribution in [0.1, 0.15) is 48.7 Å². The molecule has 2 N–H and O–H groups in total. The summed E-state index contributed by atoms with van der Waals surface area (Å²) in [7, 11) is 0. The summed E-state index contributed by atoms with van der Waals surface area (Å²) in [5.74, 6) is 0.709. The maximum absolute atomic E-state index is 11.5. The Morgan fingerprint density at radius 2 is 2.35 bits per heavy atom. The van der Waals surface area contributed by atoms with E-state index in [2.05, 4.69) is 4.98 Å². The Balaban J connectivity index is 2.01. The molecular formula is C14H20N2O. The highest BCUT2D eigenvalue weighted by molar-refractivity contribution is 5.95. The number of nitrogens with zero attached hydrogens (tertiary/aromatic N) is 1. The number of hydrogen-bond acceptors (Lipinski definition) is 3. The minimum Gasteiger partial charge on any atom is -0.327 e. The molecule has 2 rings (SSSR count). The molecule has 0 aromatic carbocycles. The third kappa shape index (κ3) is 2.91. The van der Waals surface area contributed by atoms with E-state index in [1.165, 1.54) is 12.8 Å². The number of aromatic nitrogens is 1. The first-order chi connectivity index (χ1) is 8.18. The van der Waals surface area contributed by atoms with Gasteiger partial charge in [-0.05, 0) is 50.7 Å². The van der Waals surface area contributed by atoms with Gasteiger partial charge < -0.3 is 5.73 Å². The standard InChI is InChI=1S/C14H20N2O/c1-10(17)12-5-3-9-16-14(12)8-7-11-4-2-6-13(11)15/h3,5,9,11,13H,2,4,6-8,15H2,1H3/t11?,13-/m0/s1. The Morgan fingerprint density at radius 1 is 1.53 bits per heavy atom. The van der Waals surface area contributed by atoms with Crippen LogP contribution in [0.4, 0.5) is 0 Å². The Morgan fingerprint density at radius 3 is 3.00 bits per heavy atom. The largest absolute Gasteiger partial charge is 0.327 e. The molecule has 92 valence electrons. The van der Waals surface area contributed by atoms with Gasteiger partial charge >= 0.3 is 0 Å². The minimum absolute atomic E-state index is 0.101. The molecule has 0 aliphatic heterocycles. The summed E-state index contributed by atoms with van der Waals surface area (Å²) in [4.78, 5) is 15.8. The van der Waals surface area contributed by atoms with Crippen LogP contribution in [0.15, 0.2) is 18.3 Å². The number of carbonyl (C=O) groups is 1. The summed E-state index contributed by atoms with van der Waals surface area (Å²) in [6.45, 7) is 1.60. The fourth-order valence-corrected chi connectivity index (χ4v) is 2.70. The predicted molar refractivity (Wildman–Crippen MR) is 67.9 cm³/mol. The molecule has 1 unspecified atom stereocenters. The number of Topliss-reactive ketones (excluding diaryl/α,β-unsaturated/α-hetero) is 1. The van der Waals surface area contributed by atoms with Crippen LogP contribution in [0.25, 0.3) is 0 Å². The van der Waals surface area contributed by atoms with Crippen LogP contribution in [0, 0.1) is 5.92 Å². The second-order valence-corrected chi connectivity index (χ2v) is 4.95. The summed E-state index contributed by atoms with van der Waals surface area (Å²) in [6.07, 6.45) is 7.30. The van der Waals surface area contributed by atoms with E-state index in [-0.39, 0.29) is 5.78 Å². The van der Waals surface area contributed by atoms with Crippen molar-refractivity contribution in [2.24, 2.45) is 11.7 Å². The SMILES string of the molecule is CC(=O)c1cccnc1CCC1CCC[C@@H]1N. The zero-order chi connectivity index (χ0) is 12.3. The number of rotatable bonds is 4. The molecule has 1 heterocycles. The number of nitrogens with two attached hydrogens (primary N) is 1. The lowest BCUT2D eigenvalue weighted by Crippen LogP contribution is -2.24. The van der Waals surface area contributed by atoms with Crippen LogP contribution in [-0.4, -0.2) is 16.8 Å². The molecule has 1 aliphatic rings. The zero-order valence-corrected chi connectivity index (χ0v) is 10.4. The van der Waals surface area contributed by atoms with Crippen molar-refractivity contribution < 1.29 is 4.79 Å². The van der Waals surface area contributed by atoms with Gasteiger partial charge in [-0.2, -0.15) is 0 Å². The van der Waals surface area contributed by atoms with Crippen molar-refractivity contribution in [3.05, 3.63) is 29.6 Å². The minimum atomic E-state index is 0.101. The molecule has 1 aromatic rings. The van der Waals surface area contributed by atoms with Gasteiger partial charge in [-0.25, -0.2) is 0 Å². The molecule has 1 aliphatic carbocycles. The molecule has 2 atom stereocenters. The molecule has 17 heavy (non-hydrogen) atoms. The van der Waals surface area contributed by atoms with Gasteiger partial charge in [-0.3, -0.25) is 9.78 Å². The van der Waals surface area contributed by atoms with Crippen LogP contribution in [-0.2, 0) is 6.42 Å². The fraction of sp³-hybridized carbons (Fsp3) is 0.571. The fourth-order valence-electron chi connectivity index (χ4n) is 2.70. The first-order valence-corrected chi connectivity index (χ1v) is 6.39. The molecule has 0 saturated heterocycles. The van der Waals surface area contributed by atoms with E-state index in [0.29, 0.717) is 12.0 Å². The lowest BCUT2D eigenvalue weighted by molar-refractivity contribution is 0.101. The van der Waals surface area contributed by atoms with Gasteiger partial charge in [0.1, 0.15) is 0 Å². The second-order valence-electron chi connectivity index (χ2n) is 4.95. The maximum atomic E-state index is 11.5. The molecule has 0 amide bonds. The molecule has 0 radical (unpaired) electrons. The number of ketones is 1. The van der Waals surface area contributed by atoms with Crippen LogP contribution in [0.2, 0.25) is 0 Å². The zero-order valence-electron chi connectivity index (χ0n) is 10.4. The number of carbonyl (C=O) groups excluding carboxylic acids is 1. The first kappa shape index (κ1) is 12.2. The van der Waals surface area contributed by atoms with Gasteiger partial charge in [-0.15, -0.1) is 0 Å². The number of pyridine rings is 1. The van der Waals surface area contributed by atoms with E-state index in [0.717, 1.165) is 30.5 Å². The summed E-state index contributed by atoms with van der Waals surface area (Å²) < 4.78 is 0. The van der Waals surface area contributed by atoms with Crippen molar-refractivity contribution in [3.63, 3.8) is 0 Å². The highest BCUT2D eigenvalue weighted by Gasteiger charge is 2.23. The van der Waals surface area contributed by atoms with Crippen LogP contribution in [0.5, 0.6) is 0 Å².